The number of thiazole rings is 1. The topological polar surface area (TPSA) is 97.8 Å². The van der Waals surface area contributed by atoms with Crippen molar-refractivity contribution in [3.63, 3.8) is 0 Å². The highest BCUT2D eigenvalue weighted by Gasteiger charge is 2.22. The van der Waals surface area contributed by atoms with Gasteiger partial charge < -0.3 is 19.9 Å². The molecule has 0 aliphatic rings. The minimum atomic E-state index is -1.05. The van der Waals surface area contributed by atoms with Gasteiger partial charge >= 0.3 is 12.1 Å². The van der Waals surface area contributed by atoms with Gasteiger partial charge in [-0.3, -0.25) is 0 Å². The van der Waals surface area contributed by atoms with Gasteiger partial charge in [-0.05, 0) is 26.8 Å². The second-order valence-corrected chi connectivity index (χ2v) is 6.33. The summed E-state index contributed by atoms with van der Waals surface area (Å²) in [6, 6.07) is -0.461. The van der Waals surface area contributed by atoms with Crippen LogP contribution in [0.25, 0.3) is 6.08 Å². The van der Waals surface area contributed by atoms with Crippen molar-refractivity contribution in [1.29, 1.82) is 0 Å². The molecular weight excluding hydrogens is 308 g/mol. The molecule has 1 rings (SSSR count). The lowest BCUT2D eigenvalue weighted by molar-refractivity contribution is -0.131. The number of nitrogens with zero attached hydrogens (tertiary/aromatic N) is 1. The van der Waals surface area contributed by atoms with Gasteiger partial charge in [0.15, 0.2) is 0 Å². The molecule has 1 aromatic rings. The van der Waals surface area contributed by atoms with Crippen molar-refractivity contribution >= 4 is 29.5 Å². The van der Waals surface area contributed by atoms with Crippen LogP contribution < -0.4 is 5.32 Å². The molecule has 0 aliphatic heterocycles. The Morgan fingerprint density at radius 1 is 1.50 bits per heavy atom. The lowest BCUT2D eigenvalue weighted by Gasteiger charge is -2.22. The lowest BCUT2D eigenvalue weighted by atomic mass is 10.2. The van der Waals surface area contributed by atoms with E-state index in [9.17, 15) is 9.59 Å². The third kappa shape index (κ3) is 6.68. The summed E-state index contributed by atoms with van der Waals surface area (Å²) in [5.74, 6) is -1.05. The fraction of sp³-hybridized carbons (Fsp3) is 0.500. The van der Waals surface area contributed by atoms with Crippen molar-refractivity contribution < 1.29 is 24.2 Å². The molecule has 22 heavy (non-hydrogen) atoms. The van der Waals surface area contributed by atoms with E-state index in [2.05, 4.69) is 10.3 Å². The third-order valence-corrected chi connectivity index (χ3v) is 3.24. The number of carboxylic acids is 1. The molecule has 1 atom stereocenters. The van der Waals surface area contributed by atoms with E-state index < -0.39 is 23.7 Å². The summed E-state index contributed by atoms with van der Waals surface area (Å²) in [4.78, 5) is 26.6. The van der Waals surface area contributed by atoms with E-state index in [-0.39, 0.29) is 6.61 Å². The van der Waals surface area contributed by atoms with Gasteiger partial charge in [0.2, 0.25) is 0 Å². The van der Waals surface area contributed by atoms with Crippen molar-refractivity contribution in [3.05, 3.63) is 22.2 Å². The van der Waals surface area contributed by atoms with E-state index in [0.29, 0.717) is 10.7 Å². The van der Waals surface area contributed by atoms with Gasteiger partial charge in [-0.1, -0.05) is 0 Å². The number of ether oxygens (including phenoxy) is 2. The summed E-state index contributed by atoms with van der Waals surface area (Å²) in [5.41, 5.74) is -0.0885. The number of alkyl carbamates (subject to hydrolysis) is 1. The van der Waals surface area contributed by atoms with E-state index in [0.717, 1.165) is 6.08 Å². The van der Waals surface area contributed by atoms with E-state index in [1.54, 1.807) is 26.2 Å². The van der Waals surface area contributed by atoms with Crippen molar-refractivity contribution in [3.8, 4) is 0 Å². The standard InChI is InChI=1S/C14H20N2O5S/c1-14(2,3)21-13(19)16-10(7-20-4)12-15-9(8-22-12)5-6-11(17)18/h5-6,8,10H,7H2,1-4H3,(H,16,19)(H,17,18)/b6-5+/t10-/m0/s1. The maximum absolute atomic E-state index is 11.8. The molecule has 0 saturated heterocycles. The minimum Gasteiger partial charge on any atom is -0.478 e. The summed E-state index contributed by atoms with van der Waals surface area (Å²) < 4.78 is 10.3. The molecule has 0 unspecified atom stereocenters. The van der Waals surface area contributed by atoms with E-state index in [1.165, 1.54) is 24.5 Å². The van der Waals surface area contributed by atoms with Gasteiger partial charge in [0, 0.05) is 18.6 Å². The quantitative estimate of drug-likeness (QED) is 0.778. The Hall–Kier alpha value is -1.93. The predicted molar refractivity (Wildman–Crippen MR) is 82.8 cm³/mol. The van der Waals surface area contributed by atoms with Crippen LogP contribution in [0.2, 0.25) is 0 Å². The van der Waals surface area contributed by atoms with Gasteiger partial charge in [-0.15, -0.1) is 11.3 Å². The van der Waals surface area contributed by atoms with Crippen molar-refractivity contribution in [2.24, 2.45) is 0 Å². The molecular formula is C14H20N2O5S. The Morgan fingerprint density at radius 3 is 2.73 bits per heavy atom. The zero-order chi connectivity index (χ0) is 16.8. The van der Waals surface area contributed by atoms with Gasteiger partial charge in [0.1, 0.15) is 16.7 Å². The molecule has 0 spiro atoms. The first-order valence-corrected chi connectivity index (χ1v) is 7.44. The molecule has 1 amide bonds. The van der Waals surface area contributed by atoms with Crippen LogP contribution in [0.3, 0.4) is 0 Å². The third-order valence-electron chi connectivity index (χ3n) is 2.26. The maximum atomic E-state index is 11.8. The average Bonchev–Trinajstić information content (AvgIpc) is 2.82. The Bertz CT molecular complexity index is 548. The highest BCUT2D eigenvalue weighted by Crippen LogP contribution is 2.20. The minimum absolute atomic E-state index is 0.231. The Labute approximate surface area is 133 Å². The van der Waals surface area contributed by atoms with Crippen molar-refractivity contribution in [2.75, 3.05) is 13.7 Å². The zero-order valence-corrected chi connectivity index (χ0v) is 13.8. The van der Waals surface area contributed by atoms with Crippen LogP contribution >= 0.6 is 11.3 Å². The smallest absolute Gasteiger partial charge is 0.408 e. The SMILES string of the molecule is COC[C@H](NC(=O)OC(C)(C)C)c1nc(/C=C/C(=O)O)cs1. The number of hydrogen-bond donors (Lipinski definition) is 2. The summed E-state index contributed by atoms with van der Waals surface area (Å²) in [6.45, 7) is 5.55. The average molecular weight is 328 g/mol. The molecule has 0 aliphatic carbocycles. The fourth-order valence-corrected chi connectivity index (χ4v) is 2.31. The first-order valence-electron chi connectivity index (χ1n) is 6.56. The van der Waals surface area contributed by atoms with Crippen LogP contribution in [0.5, 0.6) is 0 Å². The normalized spacial score (nSPS) is 13.1. The maximum Gasteiger partial charge on any atom is 0.408 e. The number of amides is 1. The number of carboxylic acid groups (broad SMARTS) is 1. The zero-order valence-electron chi connectivity index (χ0n) is 13.0. The number of hydrogen-bond acceptors (Lipinski definition) is 6. The van der Waals surface area contributed by atoms with Crippen LogP contribution in [0.1, 0.15) is 37.5 Å². The van der Waals surface area contributed by atoms with Crippen LogP contribution in [-0.2, 0) is 14.3 Å². The first kappa shape index (κ1) is 18.1. The molecule has 0 aromatic carbocycles. The summed E-state index contributed by atoms with van der Waals surface area (Å²) >= 11 is 1.30. The molecule has 0 fully saturated rings. The van der Waals surface area contributed by atoms with E-state index in [1.807, 2.05) is 0 Å². The molecule has 122 valence electrons. The van der Waals surface area contributed by atoms with E-state index in [4.69, 9.17) is 14.6 Å². The van der Waals surface area contributed by atoms with Gasteiger partial charge in [0.05, 0.1) is 12.3 Å². The first-order chi connectivity index (χ1) is 10.2. The summed E-state index contributed by atoms with van der Waals surface area (Å²) in [7, 11) is 1.52. The largest absolute Gasteiger partial charge is 0.478 e. The molecule has 2 N–H and O–H groups in total. The number of carbonyl (C=O) groups is 2. The number of carbonyl (C=O) groups excluding carboxylic acids is 1. The van der Waals surface area contributed by atoms with Gasteiger partial charge in [-0.2, -0.15) is 0 Å². The molecule has 0 saturated carbocycles. The number of aliphatic carboxylic acids is 1. The second kappa shape index (κ2) is 7.90. The van der Waals surface area contributed by atoms with Crippen molar-refractivity contribution in [1.82, 2.24) is 10.3 Å². The molecule has 1 aromatic heterocycles. The number of aromatic nitrogens is 1. The van der Waals surface area contributed by atoms with Crippen LogP contribution in [0, 0.1) is 0 Å². The highest BCUT2D eigenvalue weighted by molar-refractivity contribution is 7.09. The predicted octanol–water partition coefficient (Wildman–Crippen LogP) is 2.45. The number of nitrogens with one attached hydrogen (secondary N) is 1. The van der Waals surface area contributed by atoms with Crippen molar-refractivity contribution in [2.45, 2.75) is 32.4 Å². The molecule has 7 nitrogen and oxygen atoms in total. The van der Waals surface area contributed by atoms with Gasteiger partial charge in [-0.25, -0.2) is 14.6 Å². The Morgan fingerprint density at radius 2 is 2.18 bits per heavy atom. The van der Waals surface area contributed by atoms with Gasteiger partial charge in [0.25, 0.3) is 0 Å². The summed E-state index contributed by atoms with van der Waals surface area (Å²) in [5, 5.41) is 13.6. The second-order valence-electron chi connectivity index (χ2n) is 5.44. The van der Waals surface area contributed by atoms with Crippen LogP contribution in [-0.4, -0.2) is 41.5 Å². The highest BCUT2D eigenvalue weighted by atomic mass is 32.1. The van der Waals surface area contributed by atoms with Crippen LogP contribution in [0.4, 0.5) is 4.79 Å². The number of methoxy groups -OCH3 is 1. The monoisotopic (exact) mass is 328 g/mol. The Balaban J connectivity index is 2.78. The molecule has 1 heterocycles. The Kier molecular flexibility index (Phi) is 6.51. The van der Waals surface area contributed by atoms with E-state index >= 15 is 0 Å². The van der Waals surface area contributed by atoms with Crippen LogP contribution in [0.15, 0.2) is 11.5 Å². The number of rotatable bonds is 6. The summed E-state index contributed by atoms with van der Waals surface area (Å²) in [6.07, 6.45) is 1.83. The molecule has 8 heteroatoms. The molecule has 0 bridgehead atoms. The lowest BCUT2D eigenvalue weighted by Crippen LogP contribution is -2.36. The molecule has 0 radical (unpaired) electrons. The fourth-order valence-electron chi connectivity index (χ4n) is 1.49.